The minimum Gasteiger partial charge on any atom is -0.370 e. The Kier molecular flexibility index (Phi) is 5.41. The summed E-state index contributed by atoms with van der Waals surface area (Å²) in [7, 11) is 0. The highest BCUT2D eigenvalue weighted by atomic mass is 16.2. The molecular formula is C17H20N4O2. The van der Waals surface area contributed by atoms with Crippen molar-refractivity contribution in [3.8, 4) is 0 Å². The number of anilines is 1. The van der Waals surface area contributed by atoms with Crippen molar-refractivity contribution in [2.75, 3.05) is 11.4 Å². The topological polar surface area (TPSA) is 89.2 Å². The molecule has 0 aliphatic heterocycles. The summed E-state index contributed by atoms with van der Waals surface area (Å²) in [5.74, 6) is -0.970. The van der Waals surface area contributed by atoms with Gasteiger partial charge in [0, 0.05) is 36.6 Å². The first-order valence-corrected chi connectivity index (χ1v) is 7.40. The van der Waals surface area contributed by atoms with E-state index in [9.17, 15) is 9.59 Å². The molecule has 2 amide bonds. The van der Waals surface area contributed by atoms with Crippen LogP contribution in [0.4, 0.5) is 5.69 Å². The number of hydrogen-bond donors (Lipinski definition) is 1. The van der Waals surface area contributed by atoms with E-state index in [1.165, 1.54) is 6.33 Å². The van der Waals surface area contributed by atoms with Gasteiger partial charge in [0.2, 0.25) is 11.8 Å². The second-order valence-electron chi connectivity index (χ2n) is 5.44. The highest BCUT2D eigenvalue weighted by Crippen LogP contribution is 2.23. The summed E-state index contributed by atoms with van der Waals surface area (Å²) < 4.78 is 0. The summed E-state index contributed by atoms with van der Waals surface area (Å²) in [5, 5.41) is 0. The van der Waals surface area contributed by atoms with Crippen LogP contribution in [0.25, 0.3) is 0 Å². The Morgan fingerprint density at radius 3 is 2.57 bits per heavy atom. The number of hydrogen-bond acceptors (Lipinski definition) is 4. The van der Waals surface area contributed by atoms with Gasteiger partial charge in [0.05, 0.1) is 5.92 Å². The minimum absolute atomic E-state index is 0.109. The number of carbonyl (C=O) groups is 2. The largest absolute Gasteiger partial charge is 0.370 e. The van der Waals surface area contributed by atoms with E-state index in [2.05, 4.69) is 9.97 Å². The Bertz CT molecular complexity index is 688. The molecule has 1 aromatic carbocycles. The van der Waals surface area contributed by atoms with Crippen LogP contribution in [0.3, 0.4) is 0 Å². The summed E-state index contributed by atoms with van der Waals surface area (Å²) in [6.45, 7) is 4.00. The quantitative estimate of drug-likeness (QED) is 0.880. The molecule has 1 aromatic heterocycles. The van der Waals surface area contributed by atoms with Gasteiger partial charge in [-0.2, -0.15) is 0 Å². The number of benzene rings is 1. The zero-order valence-electron chi connectivity index (χ0n) is 13.3. The molecule has 0 fully saturated rings. The average molecular weight is 312 g/mol. The molecule has 2 rings (SSSR count). The van der Waals surface area contributed by atoms with Gasteiger partial charge < -0.3 is 10.6 Å². The van der Waals surface area contributed by atoms with E-state index in [1.807, 2.05) is 31.2 Å². The molecule has 0 unspecified atom stereocenters. The number of primary amides is 1. The Balaban J connectivity index is 2.29. The fraction of sp³-hybridized carbons (Fsp3) is 0.294. The maximum atomic E-state index is 12.9. The minimum atomic E-state index is -0.439. The van der Waals surface area contributed by atoms with Gasteiger partial charge in [-0.1, -0.05) is 12.1 Å². The number of amides is 2. The molecule has 6 heteroatoms. The van der Waals surface area contributed by atoms with Crippen LogP contribution in [-0.2, 0) is 9.59 Å². The van der Waals surface area contributed by atoms with Crippen LogP contribution in [-0.4, -0.2) is 28.3 Å². The van der Waals surface area contributed by atoms with Crippen LogP contribution in [0, 0.1) is 6.92 Å². The first kappa shape index (κ1) is 16.6. The molecule has 0 bridgehead atoms. The lowest BCUT2D eigenvalue weighted by Gasteiger charge is -2.26. The van der Waals surface area contributed by atoms with Crippen LogP contribution in [0.2, 0.25) is 0 Å². The monoisotopic (exact) mass is 312 g/mol. The Hall–Kier alpha value is -2.76. The van der Waals surface area contributed by atoms with Crippen LogP contribution in [0.15, 0.2) is 43.0 Å². The van der Waals surface area contributed by atoms with Gasteiger partial charge in [-0.05, 0) is 31.5 Å². The number of aryl methyl sites for hydroxylation is 1. The predicted molar refractivity (Wildman–Crippen MR) is 87.8 cm³/mol. The van der Waals surface area contributed by atoms with Gasteiger partial charge in [0.25, 0.3) is 0 Å². The maximum absolute atomic E-state index is 12.9. The lowest BCUT2D eigenvalue weighted by molar-refractivity contribution is -0.120. The zero-order valence-corrected chi connectivity index (χ0v) is 13.3. The molecular weight excluding hydrogens is 292 g/mol. The second kappa shape index (κ2) is 7.49. The van der Waals surface area contributed by atoms with Crippen molar-refractivity contribution < 1.29 is 9.59 Å². The summed E-state index contributed by atoms with van der Waals surface area (Å²) in [6, 6.07) is 7.59. The van der Waals surface area contributed by atoms with Gasteiger partial charge in [-0.3, -0.25) is 9.59 Å². The molecule has 0 saturated carbocycles. The molecule has 0 radical (unpaired) electrons. The highest BCUT2D eigenvalue weighted by Gasteiger charge is 2.24. The molecule has 0 spiro atoms. The number of carbonyl (C=O) groups excluding carboxylic acids is 2. The van der Waals surface area contributed by atoms with Crippen LogP contribution in [0.5, 0.6) is 0 Å². The SMILES string of the molecule is Cc1cccc(N(CCC(N)=O)C(=O)[C@H](C)c2cncnc2)c1. The third-order valence-corrected chi connectivity index (χ3v) is 3.61. The summed E-state index contributed by atoms with van der Waals surface area (Å²) >= 11 is 0. The van der Waals surface area contributed by atoms with Gasteiger partial charge in [-0.15, -0.1) is 0 Å². The number of aromatic nitrogens is 2. The summed E-state index contributed by atoms with van der Waals surface area (Å²) in [4.78, 5) is 33.5. The predicted octanol–water partition coefficient (Wildman–Crippen LogP) is 1.80. The fourth-order valence-corrected chi connectivity index (χ4v) is 2.29. The fourth-order valence-electron chi connectivity index (χ4n) is 2.29. The van der Waals surface area contributed by atoms with Crippen molar-refractivity contribution >= 4 is 17.5 Å². The first-order chi connectivity index (χ1) is 11.0. The van der Waals surface area contributed by atoms with Crippen molar-refractivity contribution in [3.05, 3.63) is 54.1 Å². The van der Waals surface area contributed by atoms with E-state index in [0.29, 0.717) is 0 Å². The Labute approximate surface area is 135 Å². The standard InChI is InChI=1S/C17H20N4O2/c1-12-4-3-5-15(8-12)21(7-6-16(18)22)17(23)13(2)14-9-19-11-20-10-14/h3-5,8-11,13H,6-7H2,1-2H3,(H2,18,22)/t13-/m1/s1. The number of nitrogens with zero attached hydrogens (tertiary/aromatic N) is 3. The van der Waals surface area contributed by atoms with Crippen molar-refractivity contribution in [2.45, 2.75) is 26.2 Å². The molecule has 2 aromatic rings. The van der Waals surface area contributed by atoms with E-state index >= 15 is 0 Å². The summed E-state index contributed by atoms with van der Waals surface area (Å²) in [6.07, 6.45) is 4.78. The molecule has 0 saturated heterocycles. The van der Waals surface area contributed by atoms with Crippen molar-refractivity contribution in [2.24, 2.45) is 5.73 Å². The van der Waals surface area contributed by atoms with E-state index in [4.69, 9.17) is 5.73 Å². The highest BCUT2D eigenvalue weighted by molar-refractivity contribution is 5.98. The van der Waals surface area contributed by atoms with E-state index in [1.54, 1.807) is 24.2 Å². The number of rotatable bonds is 6. The maximum Gasteiger partial charge on any atom is 0.234 e. The van der Waals surface area contributed by atoms with Gasteiger partial charge >= 0.3 is 0 Å². The lowest BCUT2D eigenvalue weighted by Crippen LogP contribution is -2.37. The molecule has 0 aliphatic carbocycles. The molecule has 1 heterocycles. The van der Waals surface area contributed by atoms with Crippen molar-refractivity contribution in [1.29, 1.82) is 0 Å². The van der Waals surface area contributed by atoms with Gasteiger partial charge in [0.15, 0.2) is 0 Å². The molecule has 6 nitrogen and oxygen atoms in total. The normalized spacial score (nSPS) is 11.7. The van der Waals surface area contributed by atoms with Crippen LogP contribution < -0.4 is 10.6 Å². The van der Waals surface area contributed by atoms with Crippen LogP contribution >= 0.6 is 0 Å². The second-order valence-corrected chi connectivity index (χ2v) is 5.44. The lowest BCUT2D eigenvalue weighted by atomic mass is 10.0. The third kappa shape index (κ3) is 4.35. The van der Waals surface area contributed by atoms with E-state index in [0.717, 1.165) is 16.8 Å². The average Bonchev–Trinajstić information content (AvgIpc) is 2.55. The van der Waals surface area contributed by atoms with E-state index in [-0.39, 0.29) is 18.9 Å². The van der Waals surface area contributed by atoms with Crippen LogP contribution in [0.1, 0.15) is 30.4 Å². The smallest absolute Gasteiger partial charge is 0.234 e. The zero-order chi connectivity index (χ0) is 16.8. The molecule has 120 valence electrons. The Morgan fingerprint density at radius 1 is 1.26 bits per heavy atom. The van der Waals surface area contributed by atoms with Crippen molar-refractivity contribution in [3.63, 3.8) is 0 Å². The van der Waals surface area contributed by atoms with Gasteiger partial charge in [0.1, 0.15) is 6.33 Å². The molecule has 0 aliphatic rings. The molecule has 2 N–H and O–H groups in total. The Morgan fingerprint density at radius 2 is 1.96 bits per heavy atom. The molecule has 23 heavy (non-hydrogen) atoms. The van der Waals surface area contributed by atoms with Crippen molar-refractivity contribution in [1.82, 2.24) is 9.97 Å². The van der Waals surface area contributed by atoms with E-state index < -0.39 is 11.8 Å². The third-order valence-electron chi connectivity index (χ3n) is 3.61. The summed E-state index contributed by atoms with van der Waals surface area (Å²) in [5.41, 5.74) is 7.76. The molecule has 1 atom stereocenters. The first-order valence-electron chi connectivity index (χ1n) is 7.40. The number of nitrogens with two attached hydrogens (primary N) is 1. The van der Waals surface area contributed by atoms with Gasteiger partial charge in [-0.25, -0.2) is 9.97 Å².